The average molecular weight is 364 g/mol. The monoisotopic (exact) mass is 363 g/mol. The zero-order chi connectivity index (χ0) is 17.6. The van der Waals surface area contributed by atoms with Gasteiger partial charge in [-0.15, -0.1) is 0 Å². The highest BCUT2D eigenvalue weighted by molar-refractivity contribution is 6.33. The minimum absolute atomic E-state index is 0.0198. The number of rotatable bonds is 6. The van der Waals surface area contributed by atoms with Gasteiger partial charge in [0.1, 0.15) is 12.2 Å². The number of hydrogen-bond donors (Lipinski definition) is 1. The Bertz CT molecular complexity index is 750. The Balaban J connectivity index is 1.76. The van der Waals surface area contributed by atoms with E-state index in [9.17, 15) is 9.90 Å². The summed E-state index contributed by atoms with van der Waals surface area (Å²) in [5.41, 5.74) is 0.755. The van der Waals surface area contributed by atoms with Crippen molar-refractivity contribution in [3.63, 3.8) is 0 Å². The molecule has 0 unspecified atom stereocenters. The SMILES string of the molecule is O=C(O)c1cnc(OCCN2CCOCC2)nc1-c1ccccc1Cl. The molecule has 0 atom stereocenters. The second kappa shape index (κ2) is 8.24. The van der Waals surface area contributed by atoms with E-state index < -0.39 is 5.97 Å². The fourth-order valence-corrected chi connectivity index (χ4v) is 2.77. The van der Waals surface area contributed by atoms with Gasteiger partial charge in [0.05, 0.1) is 18.9 Å². The summed E-state index contributed by atoms with van der Waals surface area (Å²) in [5, 5.41) is 9.79. The molecule has 1 fully saturated rings. The molecule has 1 aromatic heterocycles. The van der Waals surface area contributed by atoms with E-state index in [1.165, 1.54) is 6.20 Å². The second-order valence-electron chi connectivity index (χ2n) is 5.50. The van der Waals surface area contributed by atoms with Gasteiger partial charge in [0.25, 0.3) is 0 Å². The molecular weight excluding hydrogens is 346 g/mol. The molecular formula is C17H18ClN3O4. The molecule has 0 spiro atoms. The van der Waals surface area contributed by atoms with E-state index in [4.69, 9.17) is 21.1 Å². The molecule has 0 radical (unpaired) electrons. The van der Waals surface area contributed by atoms with Crippen molar-refractivity contribution >= 4 is 17.6 Å². The Morgan fingerprint density at radius 2 is 2.08 bits per heavy atom. The molecule has 7 nitrogen and oxygen atoms in total. The van der Waals surface area contributed by atoms with Crippen molar-refractivity contribution in [3.05, 3.63) is 41.0 Å². The van der Waals surface area contributed by atoms with Crippen LogP contribution in [0.15, 0.2) is 30.5 Å². The van der Waals surface area contributed by atoms with E-state index in [2.05, 4.69) is 14.9 Å². The smallest absolute Gasteiger partial charge is 0.339 e. The molecule has 2 aromatic rings. The lowest BCUT2D eigenvalue weighted by molar-refractivity contribution is 0.0317. The van der Waals surface area contributed by atoms with Crippen molar-refractivity contribution in [2.24, 2.45) is 0 Å². The van der Waals surface area contributed by atoms with Crippen molar-refractivity contribution in [2.45, 2.75) is 0 Å². The number of aromatic carboxylic acids is 1. The Kier molecular flexibility index (Phi) is 5.80. The van der Waals surface area contributed by atoms with Crippen molar-refractivity contribution < 1.29 is 19.4 Å². The normalized spacial score (nSPS) is 15.1. The highest BCUT2D eigenvalue weighted by Crippen LogP contribution is 2.29. The van der Waals surface area contributed by atoms with Gasteiger partial charge in [-0.3, -0.25) is 4.90 Å². The Morgan fingerprint density at radius 3 is 2.80 bits per heavy atom. The third-order valence-electron chi connectivity index (χ3n) is 3.87. The van der Waals surface area contributed by atoms with E-state index in [0.717, 1.165) is 32.8 Å². The number of hydrogen-bond acceptors (Lipinski definition) is 6. The third-order valence-corrected chi connectivity index (χ3v) is 4.20. The summed E-state index contributed by atoms with van der Waals surface area (Å²) in [6, 6.07) is 7.08. The maximum absolute atomic E-state index is 11.5. The zero-order valence-corrected chi connectivity index (χ0v) is 14.3. The minimum Gasteiger partial charge on any atom is -0.478 e. The summed E-state index contributed by atoms with van der Waals surface area (Å²) in [5.74, 6) is -1.12. The molecule has 132 valence electrons. The topological polar surface area (TPSA) is 84.8 Å². The summed E-state index contributed by atoms with van der Waals surface area (Å²) in [7, 11) is 0. The lowest BCUT2D eigenvalue weighted by atomic mass is 10.1. The number of ether oxygens (including phenoxy) is 2. The standard InChI is InChI=1S/C17H18ClN3O4/c18-14-4-2-1-3-12(14)15-13(16(22)23)11-19-17(20-15)25-10-7-21-5-8-24-9-6-21/h1-4,11H,5-10H2,(H,22,23). The first kappa shape index (κ1) is 17.6. The van der Waals surface area contributed by atoms with E-state index in [1.54, 1.807) is 24.3 Å². The number of carbonyl (C=O) groups is 1. The number of aromatic nitrogens is 2. The third kappa shape index (κ3) is 4.45. The minimum atomic E-state index is -1.12. The number of nitrogens with zero attached hydrogens (tertiary/aromatic N) is 3. The van der Waals surface area contributed by atoms with Crippen LogP contribution in [0.5, 0.6) is 6.01 Å². The van der Waals surface area contributed by atoms with Gasteiger partial charge in [-0.25, -0.2) is 9.78 Å². The average Bonchev–Trinajstić information content (AvgIpc) is 2.63. The number of carboxylic acids is 1. The van der Waals surface area contributed by atoms with Crippen LogP contribution in [0, 0.1) is 0 Å². The fourth-order valence-electron chi connectivity index (χ4n) is 2.54. The molecule has 1 aromatic carbocycles. The Labute approximate surface area is 150 Å². The van der Waals surface area contributed by atoms with Crippen LogP contribution in [0.25, 0.3) is 11.3 Å². The van der Waals surface area contributed by atoms with Crippen LogP contribution in [0.3, 0.4) is 0 Å². The summed E-state index contributed by atoms with van der Waals surface area (Å²) < 4.78 is 10.9. The van der Waals surface area contributed by atoms with Gasteiger partial charge < -0.3 is 14.6 Å². The van der Waals surface area contributed by atoms with Crippen LogP contribution in [-0.4, -0.2) is 65.4 Å². The van der Waals surface area contributed by atoms with Crippen LogP contribution in [-0.2, 0) is 4.74 Å². The quantitative estimate of drug-likeness (QED) is 0.842. The van der Waals surface area contributed by atoms with Gasteiger partial charge in [-0.1, -0.05) is 29.8 Å². The van der Waals surface area contributed by atoms with Crippen molar-refractivity contribution in [2.75, 3.05) is 39.5 Å². The molecule has 1 aliphatic rings. The maximum Gasteiger partial charge on any atom is 0.339 e. The molecule has 3 rings (SSSR count). The van der Waals surface area contributed by atoms with Gasteiger partial charge in [0.15, 0.2) is 0 Å². The molecule has 2 heterocycles. The van der Waals surface area contributed by atoms with E-state index >= 15 is 0 Å². The van der Waals surface area contributed by atoms with Crippen LogP contribution in [0.4, 0.5) is 0 Å². The Morgan fingerprint density at radius 1 is 1.32 bits per heavy atom. The largest absolute Gasteiger partial charge is 0.478 e. The molecule has 1 aliphatic heterocycles. The second-order valence-corrected chi connectivity index (χ2v) is 5.91. The number of benzene rings is 1. The summed E-state index contributed by atoms with van der Waals surface area (Å²) in [6.07, 6.45) is 1.25. The molecule has 0 aliphatic carbocycles. The summed E-state index contributed by atoms with van der Waals surface area (Å²) in [4.78, 5) is 21.9. The maximum atomic E-state index is 11.5. The number of carboxylic acid groups (broad SMARTS) is 1. The molecule has 0 saturated carbocycles. The Hall–Kier alpha value is -2.22. The lowest BCUT2D eigenvalue weighted by Gasteiger charge is -2.26. The van der Waals surface area contributed by atoms with Gasteiger partial charge in [-0.2, -0.15) is 4.98 Å². The zero-order valence-electron chi connectivity index (χ0n) is 13.5. The van der Waals surface area contributed by atoms with Gasteiger partial charge in [-0.05, 0) is 6.07 Å². The predicted molar refractivity (Wildman–Crippen MR) is 92.2 cm³/mol. The van der Waals surface area contributed by atoms with Crippen molar-refractivity contribution in [1.82, 2.24) is 14.9 Å². The highest BCUT2D eigenvalue weighted by atomic mass is 35.5. The molecule has 25 heavy (non-hydrogen) atoms. The fraction of sp³-hybridized carbons (Fsp3) is 0.353. The lowest BCUT2D eigenvalue weighted by Crippen LogP contribution is -2.38. The number of halogens is 1. The predicted octanol–water partition coefficient (Wildman–Crippen LogP) is 2.21. The number of morpholine rings is 1. The van der Waals surface area contributed by atoms with E-state index in [0.29, 0.717) is 17.2 Å². The van der Waals surface area contributed by atoms with Crippen LogP contribution < -0.4 is 4.74 Å². The first-order chi connectivity index (χ1) is 12.1. The molecule has 8 heteroatoms. The summed E-state index contributed by atoms with van der Waals surface area (Å²) >= 11 is 6.18. The van der Waals surface area contributed by atoms with Crippen LogP contribution in [0.2, 0.25) is 5.02 Å². The highest BCUT2D eigenvalue weighted by Gasteiger charge is 2.18. The van der Waals surface area contributed by atoms with Crippen LogP contribution in [0.1, 0.15) is 10.4 Å². The van der Waals surface area contributed by atoms with Gasteiger partial charge in [0, 0.05) is 36.4 Å². The van der Waals surface area contributed by atoms with E-state index in [-0.39, 0.29) is 17.3 Å². The molecule has 1 N–H and O–H groups in total. The van der Waals surface area contributed by atoms with Crippen molar-refractivity contribution in [3.8, 4) is 17.3 Å². The molecule has 0 bridgehead atoms. The van der Waals surface area contributed by atoms with Gasteiger partial charge >= 0.3 is 12.0 Å². The van der Waals surface area contributed by atoms with E-state index in [1.807, 2.05) is 0 Å². The van der Waals surface area contributed by atoms with Gasteiger partial charge in [0.2, 0.25) is 0 Å². The molecule has 0 amide bonds. The first-order valence-electron chi connectivity index (χ1n) is 7.93. The van der Waals surface area contributed by atoms with Crippen molar-refractivity contribution in [1.29, 1.82) is 0 Å². The van der Waals surface area contributed by atoms with Crippen LogP contribution >= 0.6 is 11.6 Å². The first-order valence-corrected chi connectivity index (χ1v) is 8.31. The molecule has 1 saturated heterocycles. The summed E-state index contributed by atoms with van der Waals surface area (Å²) in [6.45, 7) is 4.32.